The third kappa shape index (κ3) is 5.80. The number of carbonyl (C=O) groups is 2. The lowest BCUT2D eigenvalue weighted by Gasteiger charge is -2.40. The second kappa shape index (κ2) is 8.87. The highest BCUT2D eigenvalue weighted by Crippen LogP contribution is 2.37. The van der Waals surface area contributed by atoms with Crippen molar-refractivity contribution in [3.63, 3.8) is 0 Å². The van der Waals surface area contributed by atoms with E-state index in [-0.39, 0.29) is 11.9 Å². The van der Waals surface area contributed by atoms with E-state index in [1.54, 1.807) is 6.92 Å². The molecule has 2 aliphatic rings. The summed E-state index contributed by atoms with van der Waals surface area (Å²) in [5.74, 6) is -1.27. The van der Waals surface area contributed by atoms with Gasteiger partial charge in [0, 0.05) is 24.8 Å². The Labute approximate surface area is 162 Å². The van der Waals surface area contributed by atoms with E-state index < -0.39 is 23.8 Å². The maximum absolute atomic E-state index is 12.4. The van der Waals surface area contributed by atoms with Crippen molar-refractivity contribution >= 4 is 11.9 Å². The van der Waals surface area contributed by atoms with Crippen LogP contribution in [0.5, 0.6) is 0 Å². The largest absolute Gasteiger partial charge is 0.462 e. The molecule has 1 heterocycles. The first kappa shape index (κ1) is 21.4. The van der Waals surface area contributed by atoms with Gasteiger partial charge in [-0.15, -0.1) is 0 Å². The van der Waals surface area contributed by atoms with E-state index in [1.165, 1.54) is 12.5 Å². The number of hydrogen-bond donors (Lipinski definition) is 1. The minimum absolute atomic E-state index is 0.309. The van der Waals surface area contributed by atoms with Gasteiger partial charge in [-0.2, -0.15) is 0 Å². The zero-order chi connectivity index (χ0) is 20.2. The first-order valence-electron chi connectivity index (χ1n) is 9.70. The molecule has 1 aliphatic heterocycles. The fraction of sp³-hybridized carbons (Fsp3) is 0.636. The van der Waals surface area contributed by atoms with Gasteiger partial charge in [0.25, 0.3) is 0 Å². The van der Waals surface area contributed by atoms with Gasteiger partial charge in [0.2, 0.25) is 0 Å². The van der Waals surface area contributed by atoms with Crippen LogP contribution in [0.1, 0.15) is 66.2 Å². The van der Waals surface area contributed by atoms with Gasteiger partial charge in [0.15, 0.2) is 0 Å². The number of carbonyl (C=O) groups excluding carboxylic acids is 2. The average molecular weight is 376 g/mol. The number of allylic oxidation sites excluding steroid dienone is 3. The molecule has 2 rings (SSSR count). The van der Waals surface area contributed by atoms with Crippen molar-refractivity contribution in [2.45, 2.75) is 84.0 Å². The maximum Gasteiger partial charge on any atom is 0.334 e. The van der Waals surface area contributed by atoms with Crippen LogP contribution in [0.15, 0.2) is 35.5 Å². The lowest BCUT2D eigenvalue weighted by molar-refractivity contribution is -0.174. The molecule has 1 N–H and O–H groups in total. The van der Waals surface area contributed by atoms with E-state index in [0.29, 0.717) is 31.3 Å². The fourth-order valence-corrected chi connectivity index (χ4v) is 3.83. The van der Waals surface area contributed by atoms with Gasteiger partial charge in [-0.1, -0.05) is 29.9 Å². The predicted molar refractivity (Wildman–Crippen MR) is 104 cm³/mol. The molecule has 0 spiro atoms. The predicted octanol–water partition coefficient (Wildman–Crippen LogP) is 4.01. The lowest BCUT2D eigenvalue weighted by Crippen LogP contribution is -2.49. The summed E-state index contributed by atoms with van der Waals surface area (Å²) in [5, 5.41) is 11.0. The van der Waals surface area contributed by atoms with Gasteiger partial charge in [-0.25, -0.2) is 4.79 Å². The number of fused-ring (bicyclic) bond motifs is 2. The van der Waals surface area contributed by atoms with Gasteiger partial charge in [-0.3, -0.25) is 4.79 Å². The molecular formula is C22H32O5. The van der Waals surface area contributed by atoms with Crippen LogP contribution in [0.25, 0.3) is 0 Å². The number of hydrogen-bond acceptors (Lipinski definition) is 5. The summed E-state index contributed by atoms with van der Waals surface area (Å²) < 4.78 is 11.1. The molecule has 27 heavy (non-hydrogen) atoms. The SMILES string of the molecule is C=C1C(=O)O[C@H]2C[C@@H]1[C@@H](OC(C)=O)C/C(C)=C\CC/C(C)=C\CC[C@@]2(C)O. The van der Waals surface area contributed by atoms with E-state index in [0.717, 1.165) is 18.4 Å². The molecule has 1 aliphatic carbocycles. The van der Waals surface area contributed by atoms with Crippen LogP contribution < -0.4 is 0 Å². The summed E-state index contributed by atoms with van der Waals surface area (Å²) in [6, 6.07) is 0. The minimum atomic E-state index is -1.15. The van der Waals surface area contributed by atoms with E-state index in [2.05, 4.69) is 25.7 Å². The second-order valence-electron chi connectivity index (χ2n) is 8.15. The number of aliphatic hydroxyl groups is 1. The summed E-state index contributed by atoms with van der Waals surface area (Å²) in [4.78, 5) is 24.1. The standard InChI is InChI=1S/C22H32O5/c1-14-8-6-9-15(2)12-19(26-17(4)23)18-13-20(27-21(24)16(18)3)22(5,25)11-7-10-14/h9-10,18-20,25H,3,6-8,11-13H2,1-2,4-5H3/b14-10-,15-9-/t18-,19-,20-,22+/m0/s1. The summed E-state index contributed by atoms with van der Waals surface area (Å²) >= 11 is 0. The van der Waals surface area contributed by atoms with Crippen molar-refractivity contribution in [3.05, 3.63) is 35.5 Å². The van der Waals surface area contributed by atoms with Crippen LogP contribution in [0.4, 0.5) is 0 Å². The summed E-state index contributed by atoms with van der Waals surface area (Å²) in [7, 11) is 0. The van der Waals surface area contributed by atoms with Crippen molar-refractivity contribution in [1.29, 1.82) is 0 Å². The number of rotatable bonds is 1. The number of esters is 2. The molecule has 0 unspecified atom stereocenters. The zero-order valence-electron chi connectivity index (χ0n) is 16.9. The van der Waals surface area contributed by atoms with Crippen molar-refractivity contribution < 1.29 is 24.2 Å². The molecule has 0 amide bonds. The molecule has 1 saturated heterocycles. The highest BCUT2D eigenvalue weighted by Gasteiger charge is 2.45. The lowest BCUT2D eigenvalue weighted by atomic mass is 9.78. The van der Waals surface area contributed by atoms with Crippen LogP contribution in [0, 0.1) is 5.92 Å². The maximum atomic E-state index is 12.4. The molecule has 0 aromatic rings. The molecule has 0 saturated carbocycles. The minimum Gasteiger partial charge on any atom is -0.462 e. The normalized spacial score (nSPS) is 37.1. The molecular weight excluding hydrogens is 344 g/mol. The highest BCUT2D eigenvalue weighted by molar-refractivity contribution is 5.89. The van der Waals surface area contributed by atoms with Crippen molar-refractivity contribution in [2.24, 2.45) is 5.92 Å². The second-order valence-corrected chi connectivity index (χ2v) is 8.15. The van der Waals surface area contributed by atoms with Crippen molar-refractivity contribution in [3.8, 4) is 0 Å². The van der Waals surface area contributed by atoms with E-state index in [9.17, 15) is 14.7 Å². The molecule has 5 nitrogen and oxygen atoms in total. The molecule has 0 aromatic heterocycles. The summed E-state index contributed by atoms with van der Waals surface area (Å²) in [5.41, 5.74) is 1.54. The monoisotopic (exact) mass is 376 g/mol. The van der Waals surface area contributed by atoms with Crippen LogP contribution in [0.3, 0.4) is 0 Å². The highest BCUT2D eigenvalue weighted by atomic mass is 16.6. The van der Waals surface area contributed by atoms with E-state index in [4.69, 9.17) is 9.47 Å². The first-order chi connectivity index (χ1) is 12.6. The summed E-state index contributed by atoms with van der Waals surface area (Å²) in [6.45, 7) is 11.1. The molecule has 2 bridgehead atoms. The van der Waals surface area contributed by atoms with Gasteiger partial charge in [0.1, 0.15) is 12.2 Å². The Morgan fingerprint density at radius 3 is 2.63 bits per heavy atom. The first-order valence-corrected chi connectivity index (χ1v) is 9.70. The quantitative estimate of drug-likeness (QED) is 0.425. The Bertz CT molecular complexity index is 656. The zero-order valence-corrected chi connectivity index (χ0v) is 16.9. The Balaban J connectivity index is 2.38. The Hall–Kier alpha value is -1.88. The summed E-state index contributed by atoms with van der Waals surface area (Å²) in [6.07, 6.45) is 7.17. The van der Waals surface area contributed by atoms with Gasteiger partial charge < -0.3 is 14.6 Å². The Morgan fingerprint density at radius 2 is 1.96 bits per heavy atom. The Kier molecular flexibility index (Phi) is 7.04. The molecule has 1 fully saturated rings. The smallest absolute Gasteiger partial charge is 0.334 e. The topological polar surface area (TPSA) is 72.8 Å². The third-order valence-electron chi connectivity index (χ3n) is 5.58. The average Bonchev–Trinajstić information content (AvgIpc) is 2.55. The molecule has 5 heteroatoms. The van der Waals surface area contributed by atoms with Crippen LogP contribution in [-0.4, -0.2) is 34.9 Å². The van der Waals surface area contributed by atoms with Gasteiger partial charge in [-0.05, 0) is 52.9 Å². The van der Waals surface area contributed by atoms with Crippen molar-refractivity contribution in [1.82, 2.24) is 0 Å². The molecule has 4 atom stereocenters. The van der Waals surface area contributed by atoms with E-state index >= 15 is 0 Å². The van der Waals surface area contributed by atoms with Crippen molar-refractivity contribution in [2.75, 3.05) is 0 Å². The fourth-order valence-electron chi connectivity index (χ4n) is 3.83. The van der Waals surface area contributed by atoms with Gasteiger partial charge >= 0.3 is 11.9 Å². The van der Waals surface area contributed by atoms with Crippen LogP contribution in [-0.2, 0) is 19.1 Å². The van der Waals surface area contributed by atoms with Crippen LogP contribution >= 0.6 is 0 Å². The van der Waals surface area contributed by atoms with E-state index in [1.807, 2.05) is 6.92 Å². The Morgan fingerprint density at radius 1 is 1.30 bits per heavy atom. The molecule has 150 valence electrons. The van der Waals surface area contributed by atoms with Crippen LogP contribution in [0.2, 0.25) is 0 Å². The number of ether oxygens (including phenoxy) is 2. The molecule has 0 aromatic carbocycles. The molecule has 0 radical (unpaired) electrons. The van der Waals surface area contributed by atoms with Gasteiger partial charge in [0.05, 0.1) is 5.60 Å². The third-order valence-corrected chi connectivity index (χ3v) is 5.58.